The van der Waals surface area contributed by atoms with Crippen molar-refractivity contribution in [2.75, 3.05) is 26.4 Å². The first-order valence-corrected chi connectivity index (χ1v) is 14.7. The van der Waals surface area contributed by atoms with Crippen molar-refractivity contribution >= 4 is 24.1 Å². The first-order valence-electron chi connectivity index (χ1n) is 13.2. The van der Waals surface area contributed by atoms with E-state index in [9.17, 15) is 0 Å². The SMILES string of the molecule is CCOc1ccc(OCC)c(-c2ccccc2SOSc2ccccc2-c2cc(OCC)ccc2OCC)c1. The highest BCUT2D eigenvalue weighted by Crippen LogP contribution is 2.44. The highest BCUT2D eigenvalue weighted by atomic mass is 32.2. The van der Waals surface area contributed by atoms with E-state index in [1.165, 1.54) is 24.1 Å². The summed E-state index contributed by atoms with van der Waals surface area (Å²) in [6, 6.07) is 28.2. The van der Waals surface area contributed by atoms with E-state index >= 15 is 0 Å². The van der Waals surface area contributed by atoms with Gasteiger partial charge in [0.05, 0.1) is 26.4 Å². The predicted octanol–water partition coefficient (Wildman–Crippen LogP) is 9.35. The molecular weight excluding hydrogens is 528 g/mol. The van der Waals surface area contributed by atoms with Gasteiger partial charge in [0.2, 0.25) is 0 Å². The molecule has 0 bridgehead atoms. The van der Waals surface area contributed by atoms with Crippen LogP contribution in [0.25, 0.3) is 22.3 Å². The molecule has 4 rings (SSSR count). The molecule has 0 aromatic heterocycles. The van der Waals surface area contributed by atoms with Crippen LogP contribution in [0.3, 0.4) is 0 Å². The van der Waals surface area contributed by atoms with Crippen molar-refractivity contribution in [3.63, 3.8) is 0 Å². The predicted molar refractivity (Wildman–Crippen MR) is 161 cm³/mol. The van der Waals surface area contributed by atoms with Crippen LogP contribution in [0.4, 0.5) is 0 Å². The molecule has 0 radical (unpaired) electrons. The van der Waals surface area contributed by atoms with Gasteiger partial charge in [-0.15, -0.1) is 0 Å². The molecule has 0 amide bonds. The Morgan fingerprint density at radius 3 is 1.28 bits per heavy atom. The topological polar surface area (TPSA) is 46.2 Å². The molecule has 0 heterocycles. The molecule has 0 aliphatic rings. The third-order valence-electron chi connectivity index (χ3n) is 5.73. The summed E-state index contributed by atoms with van der Waals surface area (Å²) in [4.78, 5) is 1.95. The second-order valence-electron chi connectivity index (χ2n) is 8.28. The molecule has 5 nitrogen and oxygen atoms in total. The van der Waals surface area contributed by atoms with Crippen LogP contribution < -0.4 is 18.9 Å². The van der Waals surface area contributed by atoms with E-state index in [1.54, 1.807) is 0 Å². The number of hydrogen-bond donors (Lipinski definition) is 0. The summed E-state index contributed by atoms with van der Waals surface area (Å²) in [5.74, 6) is 3.23. The molecule has 0 aliphatic carbocycles. The Kier molecular flexibility index (Phi) is 10.9. The summed E-state index contributed by atoms with van der Waals surface area (Å²) in [6.07, 6.45) is 0. The minimum absolute atomic E-state index is 0.577. The highest BCUT2D eigenvalue weighted by molar-refractivity contribution is 8.08. The first-order chi connectivity index (χ1) is 19.2. The Labute approximate surface area is 240 Å². The summed E-state index contributed by atoms with van der Waals surface area (Å²) < 4.78 is 29.6. The van der Waals surface area contributed by atoms with Gasteiger partial charge in [-0.05, 0) is 76.2 Å². The van der Waals surface area contributed by atoms with Crippen LogP contribution in [0.15, 0.2) is 94.7 Å². The van der Waals surface area contributed by atoms with Gasteiger partial charge in [-0.1, -0.05) is 36.4 Å². The second kappa shape index (κ2) is 14.8. The zero-order valence-corrected chi connectivity index (χ0v) is 24.4. The number of ether oxygens (including phenoxy) is 4. The van der Waals surface area contributed by atoms with Crippen molar-refractivity contribution < 1.29 is 22.6 Å². The highest BCUT2D eigenvalue weighted by Gasteiger charge is 2.16. The number of rotatable bonds is 14. The van der Waals surface area contributed by atoms with Gasteiger partial charge in [0.25, 0.3) is 0 Å². The van der Waals surface area contributed by atoms with Crippen LogP contribution in [0.1, 0.15) is 27.7 Å². The van der Waals surface area contributed by atoms with E-state index in [1.807, 2.05) is 100 Å². The summed E-state index contributed by atoms with van der Waals surface area (Å²) in [7, 11) is 0. The summed E-state index contributed by atoms with van der Waals surface area (Å²) in [6.45, 7) is 10.3. The Balaban J connectivity index is 1.60. The van der Waals surface area contributed by atoms with Crippen LogP contribution in [0.5, 0.6) is 23.0 Å². The molecule has 4 aromatic carbocycles. The number of benzene rings is 4. The van der Waals surface area contributed by atoms with Gasteiger partial charge < -0.3 is 18.9 Å². The molecule has 4 aromatic rings. The Bertz CT molecular complexity index is 1260. The van der Waals surface area contributed by atoms with Gasteiger partial charge in [-0.2, -0.15) is 0 Å². The van der Waals surface area contributed by atoms with E-state index in [4.69, 9.17) is 22.6 Å². The van der Waals surface area contributed by atoms with Gasteiger partial charge in [-0.3, -0.25) is 0 Å². The Morgan fingerprint density at radius 1 is 0.462 bits per heavy atom. The zero-order valence-electron chi connectivity index (χ0n) is 22.8. The van der Waals surface area contributed by atoms with Crippen LogP contribution in [-0.2, 0) is 3.63 Å². The Hall–Kier alpha value is -3.26. The largest absolute Gasteiger partial charge is 0.494 e. The summed E-state index contributed by atoms with van der Waals surface area (Å²) >= 11 is 2.65. The standard InChI is InChI=1S/C32H34O5S2/c1-5-33-23-17-19-29(35-7-3)27(21-23)25-13-9-11-15-31(25)38-37-39-32-16-12-10-14-26(32)28-22-24(34-6-2)18-20-30(28)36-8-4/h9-22H,5-8H2,1-4H3. The lowest BCUT2D eigenvalue weighted by Gasteiger charge is -2.16. The van der Waals surface area contributed by atoms with Gasteiger partial charge in [0, 0.05) is 56.1 Å². The molecule has 0 saturated heterocycles. The third kappa shape index (κ3) is 7.44. The van der Waals surface area contributed by atoms with Crippen LogP contribution in [0.2, 0.25) is 0 Å². The zero-order chi connectivity index (χ0) is 27.5. The smallest absolute Gasteiger partial charge is 0.127 e. The van der Waals surface area contributed by atoms with Crippen LogP contribution >= 0.6 is 24.1 Å². The van der Waals surface area contributed by atoms with Crippen molar-refractivity contribution in [1.29, 1.82) is 0 Å². The summed E-state index contributed by atoms with van der Waals surface area (Å²) in [5.41, 5.74) is 3.97. The van der Waals surface area contributed by atoms with E-state index < -0.39 is 0 Å². The van der Waals surface area contributed by atoms with Crippen LogP contribution in [-0.4, -0.2) is 26.4 Å². The van der Waals surface area contributed by atoms with Crippen molar-refractivity contribution in [3.8, 4) is 45.3 Å². The van der Waals surface area contributed by atoms with E-state index in [2.05, 4.69) is 12.1 Å². The fourth-order valence-corrected chi connectivity index (χ4v) is 5.66. The third-order valence-corrected chi connectivity index (χ3v) is 7.34. The van der Waals surface area contributed by atoms with E-state index in [-0.39, 0.29) is 0 Å². The van der Waals surface area contributed by atoms with Gasteiger partial charge in [0.15, 0.2) is 0 Å². The Morgan fingerprint density at radius 2 is 0.872 bits per heavy atom. The van der Waals surface area contributed by atoms with Crippen molar-refractivity contribution in [1.82, 2.24) is 0 Å². The fourth-order valence-electron chi connectivity index (χ4n) is 4.13. The molecule has 39 heavy (non-hydrogen) atoms. The molecule has 0 unspecified atom stereocenters. The van der Waals surface area contributed by atoms with E-state index in [0.29, 0.717) is 26.4 Å². The molecule has 0 saturated carbocycles. The second-order valence-corrected chi connectivity index (χ2v) is 10.0. The lowest BCUT2D eigenvalue weighted by atomic mass is 10.0. The minimum Gasteiger partial charge on any atom is -0.494 e. The molecular formula is C32H34O5S2. The maximum atomic E-state index is 6.17. The molecule has 7 heteroatoms. The van der Waals surface area contributed by atoms with Gasteiger partial charge in [0.1, 0.15) is 23.0 Å². The first kappa shape index (κ1) is 28.7. The van der Waals surface area contributed by atoms with Crippen molar-refractivity contribution in [3.05, 3.63) is 84.9 Å². The van der Waals surface area contributed by atoms with Gasteiger partial charge in [-0.25, -0.2) is 3.63 Å². The number of hydrogen-bond acceptors (Lipinski definition) is 7. The van der Waals surface area contributed by atoms with Crippen LogP contribution in [0, 0.1) is 0 Å². The molecule has 0 spiro atoms. The maximum Gasteiger partial charge on any atom is 0.127 e. The molecule has 0 N–H and O–H groups in total. The van der Waals surface area contributed by atoms with Gasteiger partial charge >= 0.3 is 0 Å². The molecule has 0 aliphatic heterocycles. The average molecular weight is 563 g/mol. The lowest BCUT2D eigenvalue weighted by molar-refractivity contribution is 0.331. The maximum absolute atomic E-state index is 6.17. The summed E-state index contributed by atoms with van der Waals surface area (Å²) in [5, 5.41) is 0. The minimum atomic E-state index is 0.577. The fraction of sp³-hybridized carbons (Fsp3) is 0.250. The van der Waals surface area contributed by atoms with E-state index in [0.717, 1.165) is 55.0 Å². The normalized spacial score (nSPS) is 10.8. The molecule has 204 valence electrons. The quantitative estimate of drug-likeness (QED) is 0.142. The monoisotopic (exact) mass is 562 g/mol. The van der Waals surface area contributed by atoms with Crippen molar-refractivity contribution in [2.45, 2.75) is 37.5 Å². The molecule has 0 atom stereocenters. The average Bonchev–Trinajstić information content (AvgIpc) is 2.96. The van der Waals surface area contributed by atoms with Crippen molar-refractivity contribution in [2.24, 2.45) is 0 Å². The molecule has 0 fully saturated rings. The lowest BCUT2D eigenvalue weighted by Crippen LogP contribution is -1.97.